The van der Waals surface area contributed by atoms with Gasteiger partial charge in [0.25, 0.3) is 0 Å². The number of hydrogen-bond acceptors (Lipinski definition) is 1. The summed E-state index contributed by atoms with van der Waals surface area (Å²) in [7, 11) is 0. The molecule has 0 bridgehead atoms. The molecule has 2 aromatic carbocycles. The summed E-state index contributed by atoms with van der Waals surface area (Å²) in [6.07, 6.45) is 0. The maximum atomic E-state index is 13.2. The average molecular weight is 322 g/mol. The van der Waals surface area contributed by atoms with Gasteiger partial charge in [-0.25, -0.2) is 4.39 Å². The highest BCUT2D eigenvalue weighted by atomic mass is 79.9. The van der Waals surface area contributed by atoms with Gasteiger partial charge in [-0.2, -0.15) is 0 Å². The quantitative estimate of drug-likeness (QED) is 0.857. The summed E-state index contributed by atoms with van der Waals surface area (Å²) < 4.78 is 14.3. The van der Waals surface area contributed by atoms with Gasteiger partial charge in [-0.1, -0.05) is 40.2 Å². The fraction of sp³-hybridized carbons (Fsp3) is 0.250. The molecule has 0 radical (unpaired) electrons. The molecule has 2 rings (SSSR count). The van der Waals surface area contributed by atoms with Gasteiger partial charge in [-0.3, -0.25) is 0 Å². The molecule has 19 heavy (non-hydrogen) atoms. The van der Waals surface area contributed by atoms with Gasteiger partial charge in [-0.05, 0) is 48.7 Å². The maximum absolute atomic E-state index is 13.2. The standard InChI is InChI=1S/C16H17BrFN/c1-11-8-13(6-7-16(11)17)10-19-12(2)14-4-3-5-15(18)9-14/h3-9,12,19H,10H2,1-2H3/t12-/m0/s1. The average Bonchev–Trinajstić information content (AvgIpc) is 2.40. The molecule has 0 aliphatic heterocycles. The highest BCUT2D eigenvalue weighted by Crippen LogP contribution is 2.18. The highest BCUT2D eigenvalue weighted by molar-refractivity contribution is 9.10. The van der Waals surface area contributed by atoms with E-state index in [1.165, 1.54) is 17.2 Å². The Morgan fingerprint density at radius 1 is 1.21 bits per heavy atom. The number of rotatable bonds is 4. The molecule has 0 spiro atoms. The molecule has 3 heteroatoms. The molecule has 0 saturated heterocycles. The van der Waals surface area contributed by atoms with Crippen molar-refractivity contribution in [3.8, 4) is 0 Å². The Labute approximate surface area is 122 Å². The fourth-order valence-corrected chi connectivity index (χ4v) is 2.23. The normalized spacial score (nSPS) is 12.4. The zero-order chi connectivity index (χ0) is 13.8. The Hall–Kier alpha value is -1.19. The largest absolute Gasteiger partial charge is 0.306 e. The molecule has 0 aromatic heterocycles. The lowest BCUT2D eigenvalue weighted by Crippen LogP contribution is -2.18. The Morgan fingerprint density at radius 3 is 2.68 bits per heavy atom. The molecule has 0 heterocycles. The van der Waals surface area contributed by atoms with Crippen molar-refractivity contribution in [2.45, 2.75) is 26.4 Å². The van der Waals surface area contributed by atoms with Crippen molar-refractivity contribution in [3.05, 3.63) is 69.4 Å². The summed E-state index contributed by atoms with van der Waals surface area (Å²) in [6, 6.07) is 13.1. The van der Waals surface area contributed by atoms with Crippen LogP contribution < -0.4 is 5.32 Å². The summed E-state index contributed by atoms with van der Waals surface area (Å²) in [4.78, 5) is 0. The molecular formula is C16H17BrFN. The lowest BCUT2D eigenvalue weighted by atomic mass is 10.1. The molecule has 0 aliphatic rings. The first-order chi connectivity index (χ1) is 9.06. The van der Waals surface area contributed by atoms with Crippen LogP contribution in [-0.4, -0.2) is 0 Å². The van der Waals surface area contributed by atoms with Gasteiger partial charge in [-0.15, -0.1) is 0 Å². The predicted molar refractivity (Wildman–Crippen MR) is 80.5 cm³/mol. The van der Waals surface area contributed by atoms with E-state index in [9.17, 15) is 4.39 Å². The van der Waals surface area contributed by atoms with Crippen LogP contribution in [-0.2, 0) is 6.54 Å². The highest BCUT2D eigenvalue weighted by Gasteiger charge is 2.06. The van der Waals surface area contributed by atoms with E-state index in [0.29, 0.717) is 0 Å². The molecule has 100 valence electrons. The molecule has 0 amide bonds. The molecule has 1 atom stereocenters. The Morgan fingerprint density at radius 2 is 2.00 bits per heavy atom. The minimum atomic E-state index is -0.189. The molecule has 0 saturated carbocycles. The third-order valence-electron chi connectivity index (χ3n) is 3.18. The minimum absolute atomic E-state index is 0.125. The van der Waals surface area contributed by atoms with Crippen molar-refractivity contribution in [1.29, 1.82) is 0 Å². The zero-order valence-electron chi connectivity index (χ0n) is 11.1. The fourth-order valence-electron chi connectivity index (χ4n) is 1.98. The van der Waals surface area contributed by atoms with Crippen LogP contribution in [0.2, 0.25) is 0 Å². The van der Waals surface area contributed by atoms with Crippen molar-refractivity contribution in [3.63, 3.8) is 0 Å². The van der Waals surface area contributed by atoms with E-state index in [1.54, 1.807) is 12.1 Å². The van der Waals surface area contributed by atoms with E-state index in [1.807, 2.05) is 13.0 Å². The third-order valence-corrected chi connectivity index (χ3v) is 4.07. The van der Waals surface area contributed by atoms with Gasteiger partial charge >= 0.3 is 0 Å². The topological polar surface area (TPSA) is 12.0 Å². The first kappa shape index (κ1) is 14.2. The number of nitrogens with one attached hydrogen (secondary N) is 1. The molecule has 0 aliphatic carbocycles. The van der Waals surface area contributed by atoms with Crippen LogP contribution >= 0.6 is 15.9 Å². The first-order valence-corrected chi connectivity index (χ1v) is 7.09. The number of hydrogen-bond donors (Lipinski definition) is 1. The van der Waals surface area contributed by atoms with Gasteiger partial charge in [0.15, 0.2) is 0 Å². The molecule has 0 fully saturated rings. The first-order valence-electron chi connectivity index (χ1n) is 6.30. The third kappa shape index (κ3) is 3.88. The number of aryl methyl sites for hydroxylation is 1. The van der Waals surface area contributed by atoms with Gasteiger partial charge < -0.3 is 5.32 Å². The van der Waals surface area contributed by atoms with Gasteiger partial charge in [0.05, 0.1) is 0 Å². The second-order valence-electron chi connectivity index (χ2n) is 4.74. The van der Waals surface area contributed by atoms with Crippen LogP contribution in [0, 0.1) is 12.7 Å². The summed E-state index contributed by atoms with van der Waals surface area (Å²) in [5.74, 6) is -0.189. The van der Waals surface area contributed by atoms with Crippen molar-refractivity contribution in [2.24, 2.45) is 0 Å². The monoisotopic (exact) mass is 321 g/mol. The molecular weight excluding hydrogens is 305 g/mol. The Balaban J connectivity index is 2.00. The predicted octanol–water partition coefficient (Wildman–Crippen LogP) is 4.75. The van der Waals surface area contributed by atoms with Gasteiger partial charge in [0.2, 0.25) is 0 Å². The Bertz CT molecular complexity index is 568. The smallest absolute Gasteiger partial charge is 0.123 e. The van der Waals surface area contributed by atoms with E-state index in [4.69, 9.17) is 0 Å². The maximum Gasteiger partial charge on any atom is 0.123 e. The van der Waals surface area contributed by atoms with Crippen LogP contribution in [0.1, 0.15) is 29.7 Å². The summed E-state index contributed by atoms with van der Waals surface area (Å²) >= 11 is 3.49. The minimum Gasteiger partial charge on any atom is -0.306 e. The number of halogens is 2. The van der Waals surface area contributed by atoms with E-state index in [0.717, 1.165) is 16.6 Å². The number of benzene rings is 2. The van der Waals surface area contributed by atoms with E-state index < -0.39 is 0 Å². The summed E-state index contributed by atoms with van der Waals surface area (Å²) in [5.41, 5.74) is 3.41. The van der Waals surface area contributed by atoms with Gasteiger partial charge in [0.1, 0.15) is 5.82 Å². The van der Waals surface area contributed by atoms with E-state index in [2.05, 4.69) is 46.4 Å². The lowest BCUT2D eigenvalue weighted by molar-refractivity contribution is 0.565. The molecule has 1 nitrogen and oxygen atoms in total. The molecule has 1 N–H and O–H groups in total. The van der Waals surface area contributed by atoms with Gasteiger partial charge in [0, 0.05) is 17.1 Å². The summed E-state index contributed by atoms with van der Waals surface area (Å²) in [6.45, 7) is 4.88. The zero-order valence-corrected chi connectivity index (χ0v) is 12.7. The van der Waals surface area contributed by atoms with E-state index >= 15 is 0 Å². The van der Waals surface area contributed by atoms with Crippen LogP contribution in [0.15, 0.2) is 46.9 Å². The Kier molecular flexibility index (Phi) is 4.72. The van der Waals surface area contributed by atoms with Crippen molar-refractivity contribution in [2.75, 3.05) is 0 Å². The van der Waals surface area contributed by atoms with Crippen LogP contribution in [0.4, 0.5) is 4.39 Å². The van der Waals surface area contributed by atoms with Crippen LogP contribution in [0.5, 0.6) is 0 Å². The lowest BCUT2D eigenvalue weighted by Gasteiger charge is -2.15. The SMILES string of the molecule is Cc1cc(CN[C@@H](C)c2cccc(F)c2)ccc1Br. The second-order valence-corrected chi connectivity index (χ2v) is 5.60. The molecule has 2 aromatic rings. The second kappa shape index (κ2) is 6.31. The molecule has 0 unspecified atom stereocenters. The van der Waals surface area contributed by atoms with E-state index in [-0.39, 0.29) is 11.9 Å². The van der Waals surface area contributed by atoms with Crippen molar-refractivity contribution < 1.29 is 4.39 Å². The van der Waals surface area contributed by atoms with Crippen LogP contribution in [0.25, 0.3) is 0 Å². The van der Waals surface area contributed by atoms with Crippen LogP contribution in [0.3, 0.4) is 0 Å². The van der Waals surface area contributed by atoms with Crippen molar-refractivity contribution in [1.82, 2.24) is 5.32 Å². The van der Waals surface area contributed by atoms with Crippen molar-refractivity contribution >= 4 is 15.9 Å². The summed E-state index contributed by atoms with van der Waals surface area (Å²) in [5, 5.41) is 3.41.